The van der Waals surface area contributed by atoms with Crippen LogP contribution in [0.2, 0.25) is 5.02 Å². The number of nitrogens with one attached hydrogen (secondary N) is 2. The Kier molecular flexibility index (Phi) is 9.05. The van der Waals surface area contributed by atoms with Crippen molar-refractivity contribution in [2.45, 2.75) is 38.3 Å². The molecule has 2 aromatic heterocycles. The van der Waals surface area contributed by atoms with Gasteiger partial charge in [0.15, 0.2) is 5.82 Å². The normalized spacial score (nSPS) is 23.4. The summed E-state index contributed by atoms with van der Waals surface area (Å²) in [6.45, 7) is 2.81. The molecule has 3 heterocycles. The van der Waals surface area contributed by atoms with Gasteiger partial charge in [-0.15, -0.1) is 0 Å². The van der Waals surface area contributed by atoms with Crippen LogP contribution in [0.5, 0.6) is 5.75 Å². The van der Waals surface area contributed by atoms with Crippen LogP contribution in [0.1, 0.15) is 20.1 Å². The first-order chi connectivity index (χ1) is 18.8. The third-order valence-electron chi connectivity index (χ3n) is 6.10. The molecule has 14 nitrogen and oxygen atoms in total. The lowest BCUT2D eigenvalue weighted by Crippen LogP contribution is -2.36. The highest BCUT2D eigenvalue weighted by Gasteiger charge is 2.44. The second-order valence-corrected chi connectivity index (χ2v) is 13.1. The number of aliphatic hydroxyl groups is 1. The maximum absolute atomic E-state index is 13.7. The molecule has 3 N–H and O–H groups in total. The fourth-order valence-electron chi connectivity index (χ4n) is 4.14. The number of aromatic nitrogens is 3. The van der Waals surface area contributed by atoms with Gasteiger partial charge in [0.25, 0.3) is 0 Å². The summed E-state index contributed by atoms with van der Waals surface area (Å²) in [7, 11) is -6.60. The number of rotatable bonds is 11. The van der Waals surface area contributed by atoms with Crippen molar-refractivity contribution in [2.75, 3.05) is 24.7 Å². The van der Waals surface area contributed by atoms with Crippen molar-refractivity contribution in [3.8, 4) is 5.75 Å². The minimum atomic E-state index is -4.20. The molecule has 0 amide bonds. The van der Waals surface area contributed by atoms with Crippen LogP contribution in [0.25, 0.3) is 11.0 Å². The zero-order chi connectivity index (χ0) is 29.2. The summed E-state index contributed by atoms with van der Waals surface area (Å²) in [6, 6.07) is 6.60. The van der Waals surface area contributed by atoms with Gasteiger partial charge in [-0.25, -0.2) is 23.0 Å². The smallest absolute Gasteiger partial charge is 0.459 e. The molecule has 0 aliphatic carbocycles. The summed E-state index contributed by atoms with van der Waals surface area (Å²) >= 11 is 5.92. The van der Waals surface area contributed by atoms with Gasteiger partial charge in [0.2, 0.25) is 10.0 Å². The first-order valence-electron chi connectivity index (χ1n) is 12.0. The molecule has 17 heteroatoms. The fourth-order valence-corrected chi connectivity index (χ4v) is 6.29. The number of esters is 1. The molecule has 6 atom stereocenters. The molecule has 1 aliphatic rings. The quantitative estimate of drug-likeness (QED) is 0.212. The highest BCUT2D eigenvalue weighted by molar-refractivity contribution is 7.92. The molecule has 1 saturated heterocycles. The number of methoxy groups -OCH3 is 1. The van der Waals surface area contributed by atoms with Crippen molar-refractivity contribution in [1.29, 1.82) is 0 Å². The number of ether oxygens (including phenoxy) is 2. The van der Waals surface area contributed by atoms with Crippen molar-refractivity contribution in [3.05, 3.63) is 47.9 Å². The molecule has 5 unspecified atom stereocenters. The van der Waals surface area contributed by atoms with E-state index in [2.05, 4.69) is 19.8 Å². The van der Waals surface area contributed by atoms with E-state index in [4.69, 9.17) is 30.1 Å². The number of nitrogens with zero attached hydrogens (tertiary/aromatic N) is 3. The number of benzene rings is 1. The molecule has 218 valence electrons. The highest BCUT2D eigenvalue weighted by atomic mass is 35.5. The maximum atomic E-state index is 13.7. The molecule has 4 rings (SSSR count). The Morgan fingerprint density at radius 2 is 1.98 bits per heavy atom. The van der Waals surface area contributed by atoms with E-state index < -0.39 is 54.1 Å². The van der Waals surface area contributed by atoms with Crippen LogP contribution in [-0.2, 0) is 33.4 Å². The molecule has 0 spiro atoms. The van der Waals surface area contributed by atoms with Crippen molar-refractivity contribution < 1.29 is 41.4 Å². The number of carbonyl (C=O) groups excluding carboxylic acids is 1. The Morgan fingerprint density at radius 1 is 1.27 bits per heavy atom. The molecule has 3 aromatic rings. The van der Waals surface area contributed by atoms with E-state index in [0.717, 1.165) is 6.26 Å². The predicted molar refractivity (Wildman–Crippen MR) is 145 cm³/mol. The average molecular weight is 618 g/mol. The molecular weight excluding hydrogens is 589 g/mol. The van der Waals surface area contributed by atoms with Gasteiger partial charge in [-0.3, -0.25) is 14.0 Å². The average Bonchev–Trinajstić information content (AvgIpc) is 3.44. The second-order valence-electron chi connectivity index (χ2n) is 9.18. The van der Waals surface area contributed by atoms with Crippen LogP contribution >= 0.6 is 19.3 Å². The number of aliphatic hydroxyl groups excluding tert-OH is 1. The molecule has 0 radical (unpaired) electrons. The van der Waals surface area contributed by atoms with E-state index in [-0.39, 0.29) is 18.2 Å². The van der Waals surface area contributed by atoms with E-state index in [9.17, 15) is 22.9 Å². The zero-order valence-corrected chi connectivity index (χ0v) is 24.4. The lowest BCUT2D eigenvalue weighted by molar-refractivity contribution is -0.142. The van der Waals surface area contributed by atoms with Gasteiger partial charge in [-0.05, 0) is 37.3 Å². The van der Waals surface area contributed by atoms with Gasteiger partial charge >= 0.3 is 13.7 Å². The van der Waals surface area contributed by atoms with Crippen molar-refractivity contribution >= 4 is 52.2 Å². The third kappa shape index (κ3) is 6.92. The predicted octanol–water partition coefficient (Wildman–Crippen LogP) is 2.71. The largest absolute Gasteiger partial charge is 0.468 e. The van der Waals surface area contributed by atoms with Crippen LogP contribution < -0.4 is 14.3 Å². The number of hydrogen-bond acceptors (Lipinski definition) is 11. The van der Waals surface area contributed by atoms with Crippen LogP contribution in [-0.4, -0.2) is 72.3 Å². The Bertz CT molecular complexity index is 1520. The molecule has 40 heavy (non-hydrogen) atoms. The number of sulfonamides is 1. The molecular formula is C23H29ClN5O9PS. The minimum absolute atomic E-state index is 0.100. The fraction of sp³-hybridized carbons (Fsp3) is 0.435. The van der Waals surface area contributed by atoms with Crippen LogP contribution in [0, 0.1) is 5.92 Å². The van der Waals surface area contributed by atoms with Crippen LogP contribution in [0.3, 0.4) is 0 Å². The Morgan fingerprint density at radius 3 is 2.62 bits per heavy atom. The summed E-state index contributed by atoms with van der Waals surface area (Å²) in [5, 5.41) is 14.3. The lowest BCUT2D eigenvalue weighted by atomic mass is 10.0. The summed E-state index contributed by atoms with van der Waals surface area (Å²) in [5.41, 5.74) is 0.372. The topological polar surface area (TPSA) is 180 Å². The van der Waals surface area contributed by atoms with Crippen molar-refractivity contribution in [1.82, 2.24) is 19.6 Å². The highest BCUT2D eigenvalue weighted by Crippen LogP contribution is 2.47. The zero-order valence-electron chi connectivity index (χ0n) is 21.9. The van der Waals surface area contributed by atoms with Gasteiger partial charge < -0.3 is 23.7 Å². The first-order valence-corrected chi connectivity index (χ1v) is 15.8. The Balaban J connectivity index is 1.53. The first kappa shape index (κ1) is 30.2. The monoisotopic (exact) mass is 617 g/mol. The number of halogens is 1. The van der Waals surface area contributed by atoms with Gasteiger partial charge in [0.1, 0.15) is 36.1 Å². The number of anilines is 1. The molecule has 0 bridgehead atoms. The van der Waals surface area contributed by atoms with E-state index in [0.29, 0.717) is 16.1 Å². The maximum Gasteiger partial charge on any atom is 0.459 e. The van der Waals surface area contributed by atoms with E-state index >= 15 is 0 Å². The second kappa shape index (κ2) is 12.0. The summed E-state index contributed by atoms with van der Waals surface area (Å²) in [4.78, 5) is 20.2. The van der Waals surface area contributed by atoms with E-state index in [1.807, 2.05) is 0 Å². The standard InChI is InChI=1S/C23H29ClN5O9PS/c1-13-19(30)18(37-22(13)29-10-9-17-20(28-40(4,33)34)25-12-26-21(17)29)11-36-39(32,27-14(2)23(31)35-3)38-16-7-5-15(24)6-8-16/h5-10,12-14,18-19,22,30H,11H2,1-4H3,(H,27,32)(H,25,26,28)/t13?,14?,18?,19-,22?,39?/m0/s1. The van der Waals surface area contributed by atoms with Crippen LogP contribution in [0.15, 0.2) is 42.9 Å². The number of hydrogen-bond donors (Lipinski definition) is 3. The number of carbonyl (C=O) groups is 1. The lowest BCUT2D eigenvalue weighted by Gasteiger charge is -2.24. The van der Waals surface area contributed by atoms with Crippen molar-refractivity contribution in [2.24, 2.45) is 5.92 Å². The molecule has 1 aliphatic heterocycles. The summed E-state index contributed by atoms with van der Waals surface area (Å²) in [6.07, 6.45) is 1.11. The van der Waals surface area contributed by atoms with Gasteiger partial charge in [0, 0.05) is 17.1 Å². The SMILES string of the molecule is COC(=O)C(C)NP(=O)(OCC1OC(n2ccc3c(NS(C)(=O)=O)ncnc32)C(C)[C@@H]1O)Oc1ccc(Cl)cc1. The third-order valence-corrected chi connectivity index (χ3v) is 8.56. The van der Waals surface area contributed by atoms with Gasteiger partial charge in [-0.1, -0.05) is 18.5 Å². The van der Waals surface area contributed by atoms with Crippen LogP contribution in [0.4, 0.5) is 5.82 Å². The Hall–Kier alpha value is -2.78. The summed E-state index contributed by atoms with van der Waals surface area (Å²) < 4.78 is 63.1. The summed E-state index contributed by atoms with van der Waals surface area (Å²) in [5.74, 6) is -0.915. The number of fused-ring (bicyclic) bond motifs is 1. The molecule has 0 saturated carbocycles. The minimum Gasteiger partial charge on any atom is -0.468 e. The molecule has 1 fully saturated rings. The molecule has 1 aromatic carbocycles. The van der Waals surface area contributed by atoms with Crippen molar-refractivity contribution in [3.63, 3.8) is 0 Å². The van der Waals surface area contributed by atoms with E-state index in [1.54, 1.807) is 23.8 Å². The Labute approximate surface area is 235 Å². The van der Waals surface area contributed by atoms with E-state index in [1.165, 1.54) is 44.6 Å². The van der Waals surface area contributed by atoms with Gasteiger partial charge in [0.05, 0.1) is 31.5 Å². The van der Waals surface area contributed by atoms with Gasteiger partial charge in [-0.2, -0.15) is 5.09 Å².